The van der Waals surface area contributed by atoms with Crippen molar-refractivity contribution >= 4 is 54.8 Å². The average Bonchev–Trinajstić information content (AvgIpc) is 3.32. The Kier molecular flexibility index (Phi) is 6.22. The topological polar surface area (TPSA) is 8.17 Å². The van der Waals surface area contributed by atoms with Gasteiger partial charge < -0.3 is 9.47 Å². The van der Waals surface area contributed by atoms with Crippen LogP contribution in [0, 0.1) is 6.92 Å². The van der Waals surface area contributed by atoms with E-state index < -0.39 is 0 Å². The predicted molar refractivity (Wildman–Crippen MR) is 173 cm³/mol. The van der Waals surface area contributed by atoms with Crippen molar-refractivity contribution in [2.75, 3.05) is 4.90 Å². The van der Waals surface area contributed by atoms with Gasteiger partial charge in [-0.2, -0.15) is 0 Å². The first-order valence-corrected chi connectivity index (χ1v) is 14.3. The molecule has 0 radical (unpaired) electrons. The van der Waals surface area contributed by atoms with Gasteiger partial charge in [-0.1, -0.05) is 88.7 Å². The van der Waals surface area contributed by atoms with Crippen LogP contribution in [0.2, 0.25) is 0 Å². The third kappa shape index (κ3) is 4.39. The van der Waals surface area contributed by atoms with Crippen LogP contribution in [-0.2, 0) is 0 Å². The van der Waals surface area contributed by atoms with Crippen LogP contribution in [0.4, 0.5) is 17.1 Å². The molecule has 0 saturated carbocycles. The minimum atomic E-state index is 1.09. The van der Waals surface area contributed by atoms with Crippen molar-refractivity contribution in [2.45, 2.75) is 6.92 Å². The lowest BCUT2D eigenvalue weighted by molar-refractivity contribution is 1.18. The molecule has 7 rings (SSSR count). The largest absolute Gasteiger partial charge is 0.310 e. The minimum Gasteiger partial charge on any atom is -0.310 e. The van der Waals surface area contributed by atoms with Gasteiger partial charge in [-0.3, -0.25) is 0 Å². The Labute approximate surface area is 242 Å². The van der Waals surface area contributed by atoms with Crippen LogP contribution in [0.25, 0.3) is 38.6 Å². The third-order valence-corrected chi connectivity index (χ3v) is 8.02. The molecule has 2 nitrogen and oxygen atoms in total. The van der Waals surface area contributed by atoms with Crippen molar-refractivity contribution in [3.8, 4) is 16.8 Å². The molecule has 0 spiro atoms. The molecule has 1 aromatic heterocycles. The number of fused-ring (bicyclic) bond motifs is 3. The fraction of sp³-hybridized carbons (Fsp3) is 0.0270. The quantitative estimate of drug-likeness (QED) is 0.197. The highest BCUT2D eigenvalue weighted by Gasteiger charge is 2.17. The molecule has 3 heteroatoms. The molecule has 192 valence electrons. The molecule has 0 saturated heterocycles. The molecular weight excluding hydrogens is 552 g/mol. The Hall–Kier alpha value is -4.60. The molecule has 0 fully saturated rings. The summed E-state index contributed by atoms with van der Waals surface area (Å²) in [6, 6.07) is 52.1. The van der Waals surface area contributed by atoms with Crippen LogP contribution in [0.3, 0.4) is 0 Å². The summed E-state index contributed by atoms with van der Waals surface area (Å²) in [5.41, 5.74) is 10.6. The molecule has 0 aliphatic heterocycles. The number of rotatable bonds is 5. The number of aromatic nitrogens is 1. The number of hydrogen-bond donors (Lipinski definition) is 0. The summed E-state index contributed by atoms with van der Waals surface area (Å²) in [4.78, 5) is 2.34. The maximum atomic E-state index is 3.54. The van der Waals surface area contributed by atoms with Crippen molar-refractivity contribution in [3.63, 3.8) is 0 Å². The first kappa shape index (κ1) is 24.4. The zero-order valence-electron chi connectivity index (χ0n) is 22.1. The van der Waals surface area contributed by atoms with Gasteiger partial charge in [0.05, 0.1) is 11.0 Å². The molecular formula is C37H27BrN2. The van der Waals surface area contributed by atoms with Gasteiger partial charge in [0, 0.05) is 38.0 Å². The number of hydrogen-bond acceptors (Lipinski definition) is 1. The smallest absolute Gasteiger partial charge is 0.0543 e. The lowest BCUT2D eigenvalue weighted by Crippen LogP contribution is -2.09. The molecule has 6 aromatic carbocycles. The van der Waals surface area contributed by atoms with E-state index in [1.54, 1.807) is 0 Å². The van der Waals surface area contributed by atoms with Crippen molar-refractivity contribution in [2.24, 2.45) is 0 Å². The number of halogens is 1. The molecule has 0 N–H and O–H groups in total. The van der Waals surface area contributed by atoms with Gasteiger partial charge in [-0.25, -0.2) is 0 Å². The van der Waals surface area contributed by atoms with Gasteiger partial charge >= 0.3 is 0 Å². The summed E-state index contributed by atoms with van der Waals surface area (Å²) in [5.74, 6) is 0. The molecule has 0 atom stereocenters. The summed E-state index contributed by atoms with van der Waals surface area (Å²) < 4.78 is 3.46. The highest BCUT2D eigenvalue weighted by atomic mass is 79.9. The van der Waals surface area contributed by atoms with Crippen LogP contribution < -0.4 is 4.90 Å². The van der Waals surface area contributed by atoms with Gasteiger partial charge in [0.1, 0.15) is 0 Å². The Balaban J connectivity index is 1.40. The highest BCUT2D eigenvalue weighted by molar-refractivity contribution is 9.10. The van der Waals surface area contributed by atoms with E-state index in [4.69, 9.17) is 0 Å². The summed E-state index contributed by atoms with van der Waals surface area (Å²) in [6.45, 7) is 2.16. The molecule has 7 aromatic rings. The zero-order valence-corrected chi connectivity index (χ0v) is 23.7. The van der Waals surface area contributed by atoms with Crippen molar-refractivity contribution in [3.05, 3.63) is 156 Å². The van der Waals surface area contributed by atoms with Crippen LogP contribution in [0.1, 0.15) is 5.56 Å². The normalized spacial score (nSPS) is 11.2. The van der Waals surface area contributed by atoms with Crippen LogP contribution in [0.5, 0.6) is 0 Å². The van der Waals surface area contributed by atoms with E-state index in [2.05, 4.69) is 178 Å². The molecule has 0 bridgehead atoms. The van der Waals surface area contributed by atoms with E-state index in [0.717, 1.165) is 21.5 Å². The summed E-state index contributed by atoms with van der Waals surface area (Å²) in [6.07, 6.45) is 0. The average molecular weight is 580 g/mol. The van der Waals surface area contributed by atoms with E-state index in [1.807, 2.05) is 0 Å². The fourth-order valence-electron chi connectivity index (χ4n) is 5.58. The Morgan fingerprint density at radius 1 is 0.500 bits per heavy atom. The molecule has 0 aliphatic rings. The zero-order chi connectivity index (χ0) is 27.1. The van der Waals surface area contributed by atoms with Gasteiger partial charge in [0.15, 0.2) is 0 Å². The number of aryl methyl sites for hydroxylation is 1. The fourth-order valence-corrected chi connectivity index (χ4v) is 5.85. The Morgan fingerprint density at radius 3 is 1.80 bits per heavy atom. The first-order chi connectivity index (χ1) is 19.7. The molecule has 40 heavy (non-hydrogen) atoms. The van der Waals surface area contributed by atoms with Gasteiger partial charge in [-0.05, 0) is 96.4 Å². The lowest BCUT2D eigenvalue weighted by atomic mass is 10.0. The minimum absolute atomic E-state index is 1.09. The Morgan fingerprint density at radius 2 is 1.10 bits per heavy atom. The first-order valence-electron chi connectivity index (χ1n) is 13.5. The summed E-state index contributed by atoms with van der Waals surface area (Å²) in [5, 5.41) is 2.49. The van der Waals surface area contributed by atoms with Crippen LogP contribution in [-0.4, -0.2) is 4.57 Å². The molecule has 0 aliphatic carbocycles. The number of para-hydroxylation sites is 2. The monoisotopic (exact) mass is 578 g/mol. The van der Waals surface area contributed by atoms with E-state index >= 15 is 0 Å². The van der Waals surface area contributed by atoms with Crippen LogP contribution >= 0.6 is 15.9 Å². The highest BCUT2D eigenvalue weighted by Crippen LogP contribution is 2.40. The van der Waals surface area contributed by atoms with Gasteiger partial charge in [0.2, 0.25) is 0 Å². The van der Waals surface area contributed by atoms with Gasteiger partial charge in [0.25, 0.3) is 0 Å². The number of anilines is 3. The molecule has 0 unspecified atom stereocenters. The van der Waals surface area contributed by atoms with E-state index in [9.17, 15) is 0 Å². The number of benzene rings is 6. The third-order valence-electron chi connectivity index (χ3n) is 7.50. The Bertz CT molecular complexity index is 1940. The molecule has 1 heterocycles. The maximum Gasteiger partial charge on any atom is 0.0543 e. The number of nitrogens with zero attached hydrogens (tertiary/aromatic N) is 2. The SMILES string of the molecule is Cc1ccc2c3cc(N(c4ccccc4)c4ccc(-c5ccc(Br)cc5)cc4)ccc3n(-c3ccccc3)c2c1. The maximum absolute atomic E-state index is 3.54. The van der Waals surface area contributed by atoms with E-state index in [-0.39, 0.29) is 0 Å². The standard InChI is InChI=1S/C37H27BrN2/c1-26-12-22-34-35-25-33(21-23-36(35)40(37(34)24-26)31-10-6-3-7-11-31)39(30-8-4-2-5-9-30)32-19-15-28(16-20-32)27-13-17-29(38)18-14-27/h2-25H,1H3. The summed E-state index contributed by atoms with van der Waals surface area (Å²) in [7, 11) is 0. The van der Waals surface area contributed by atoms with Gasteiger partial charge in [-0.15, -0.1) is 0 Å². The van der Waals surface area contributed by atoms with E-state index in [0.29, 0.717) is 0 Å². The predicted octanol–water partition coefficient (Wildman–Crippen LogP) is 11.0. The van der Waals surface area contributed by atoms with Crippen molar-refractivity contribution in [1.82, 2.24) is 4.57 Å². The van der Waals surface area contributed by atoms with E-state index in [1.165, 1.54) is 44.2 Å². The van der Waals surface area contributed by atoms with Crippen molar-refractivity contribution in [1.29, 1.82) is 0 Å². The summed E-state index contributed by atoms with van der Waals surface area (Å²) >= 11 is 3.54. The molecule has 0 amide bonds. The van der Waals surface area contributed by atoms with Crippen molar-refractivity contribution < 1.29 is 0 Å². The lowest BCUT2D eigenvalue weighted by Gasteiger charge is -2.26. The second-order valence-electron chi connectivity index (χ2n) is 10.1. The second-order valence-corrected chi connectivity index (χ2v) is 11.0. The second kappa shape index (κ2) is 10.2. The van der Waals surface area contributed by atoms with Crippen LogP contribution in [0.15, 0.2) is 150 Å².